The Morgan fingerprint density at radius 2 is 1.90 bits per heavy atom. The second-order valence-electron chi connectivity index (χ2n) is 12.9. The van der Waals surface area contributed by atoms with Crippen LogP contribution in [0.1, 0.15) is 90.4 Å². The molecular weight excluding hydrogens is 538 g/mol. The summed E-state index contributed by atoms with van der Waals surface area (Å²) in [6.45, 7) is 12.3. The maximum atomic E-state index is 14.4. The molecule has 0 spiro atoms. The van der Waals surface area contributed by atoms with Gasteiger partial charge < -0.3 is 24.0 Å². The summed E-state index contributed by atoms with van der Waals surface area (Å²) < 4.78 is 14.1. The highest BCUT2D eigenvalue weighted by atomic mass is 17.2. The number of allylic oxidation sites excluding steroid dienone is 2. The summed E-state index contributed by atoms with van der Waals surface area (Å²) in [5.41, 5.74) is 1.13. The fourth-order valence-corrected chi connectivity index (χ4v) is 7.02. The van der Waals surface area contributed by atoms with Gasteiger partial charge in [-0.25, -0.2) is 9.78 Å². The van der Waals surface area contributed by atoms with E-state index >= 15 is 0 Å². The third-order valence-corrected chi connectivity index (χ3v) is 8.81. The van der Waals surface area contributed by atoms with Gasteiger partial charge in [0.1, 0.15) is 23.5 Å². The normalized spacial score (nSPS) is 29.8. The lowest BCUT2D eigenvalue weighted by molar-refractivity contribution is -0.390. The highest BCUT2D eigenvalue weighted by molar-refractivity contribution is 6.02. The zero-order valence-electron chi connectivity index (χ0n) is 25.5. The van der Waals surface area contributed by atoms with Crippen LogP contribution in [0.5, 0.6) is 5.75 Å². The van der Waals surface area contributed by atoms with Crippen LogP contribution in [0, 0.1) is 0 Å². The van der Waals surface area contributed by atoms with Gasteiger partial charge in [-0.15, -0.1) is 0 Å². The number of methoxy groups -OCH3 is 1. The maximum Gasteiger partial charge on any atom is 0.279 e. The Morgan fingerprint density at radius 1 is 1.14 bits per heavy atom. The van der Waals surface area contributed by atoms with Gasteiger partial charge >= 0.3 is 0 Å². The Bertz CT molecular complexity index is 1500. The van der Waals surface area contributed by atoms with Gasteiger partial charge in [0, 0.05) is 30.0 Å². The number of aliphatic hydroxyl groups is 1. The Morgan fingerprint density at radius 3 is 2.60 bits per heavy atom. The van der Waals surface area contributed by atoms with E-state index in [0.717, 1.165) is 27.7 Å². The molecule has 1 aromatic heterocycles. The molecule has 226 valence electrons. The van der Waals surface area contributed by atoms with Crippen molar-refractivity contribution in [2.75, 3.05) is 20.3 Å². The smallest absolute Gasteiger partial charge is 0.279 e. The van der Waals surface area contributed by atoms with Crippen LogP contribution in [0.4, 0.5) is 0 Å². The quantitative estimate of drug-likeness (QED) is 0.399. The average Bonchev–Trinajstić information content (AvgIpc) is 3.54. The zero-order valence-corrected chi connectivity index (χ0v) is 25.5. The van der Waals surface area contributed by atoms with Gasteiger partial charge in [0.25, 0.3) is 11.6 Å². The molecule has 0 radical (unpaired) electrons. The van der Waals surface area contributed by atoms with E-state index in [1.807, 2.05) is 76.5 Å². The fourth-order valence-electron chi connectivity index (χ4n) is 7.02. The summed E-state index contributed by atoms with van der Waals surface area (Å²) in [7, 11) is 1.61. The van der Waals surface area contributed by atoms with Crippen molar-refractivity contribution >= 4 is 22.7 Å². The average molecular weight is 580 g/mol. The van der Waals surface area contributed by atoms with Gasteiger partial charge in [0.2, 0.25) is 5.91 Å². The Labute approximate surface area is 246 Å². The predicted molar refractivity (Wildman–Crippen MR) is 155 cm³/mol. The summed E-state index contributed by atoms with van der Waals surface area (Å²) in [4.78, 5) is 43.9. The van der Waals surface area contributed by atoms with Crippen molar-refractivity contribution < 1.29 is 33.9 Å². The summed E-state index contributed by atoms with van der Waals surface area (Å²) in [6.07, 6.45) is 3.56. The van der Waals surface area contributed by atoms with Crippen molar-refractivity contribution in [2.24, 2.45) is 0 Å². The molecule has 4 aliphatic rings. The van der Waals surface area contributed by atoms with Crippen LogP contribution in [0.2, 0.25) is 0 Å². The zero-order chi connectivity index (χ0) is 30.1. The van der Waals surface area contributed by atoms with Gasteiger partial charge in [-0.1, -0.05) is 17.2 Å². The lowest BCUT2D eigenvalue weighted by Gasteiger charge is -2.56. The minimum absolute atomic E-state index is 0.156. The fraction of sp³-hybridized carbons (Fsp3) is 0.562. The third kappa shape index (κ3) is 4.30. The van der Waals surface area contributed by atoms with Crippen molar-refractivity contribution in [2.45, 2.75) is 96.5 Å². The number of fused-ring (bicyclic) bond motifs is 6. The molecule has 2 amide bonds. The van der Waals surface area contributed by atoms with E-state index in [9.17, 15) is 14.7 Å². The highest BCUT2D eigenvalue weighted by Gasteiger charge is 2.67. The molecule has 1 unspecified atom stereocenters. The molecule has 42 heavy (non-hydrogen) atoms. The van der Waals surface area contributed by atoms with Gasteiger partial charge in [-0.05, 0) is 72.6 Å². The first kappa shape index (κ1) is 28.9. The number of nitrogens with zero attached hydrogens (tertiary/aromatic N) is 3. The van der Waals surface area contributed by atoms with Crippen LogP contribution in [0.25, 0.3) is 10.9 Å². The molecule has 0 aliphatic carbocycles. The van der Waals surface area contributed by atoms with E-state index < -0.39 is 41.6 Å². The number of aromatic nitrogens is 1. The molecule has 6 rings (SSSR count). The number of benzene rings is 1. The number of ether oxygens (including phenoxy) is 2. The van der Waals surface area contributed by atoms with Crippen LogP contribution in [0.3, 0.4) is 0 Å². The van der Waals surface area contributed by atoms with Crippen molar-refractivity contribution in [1.82, 2.24) is 14.4 Å². The highest BCUT2D eigenvalue weighted by Crippen LogP contribution is 2.56. The summed E-state index contributed by atoms with van der Waals surface area (Å²) in [5, 5.41) is 13.5. The van der Waals surface area contributed by atoms with E-state index in [-0.39, 0.29) is 18.9 Å². The number of amides is 2. The molecule has 0 saturated carbocycles. The van der Waals surface area contributed by atoms with Crippen molar-refractivity contribution in [3.8, 4) is 5.75 Å². The first-order valence-corrected chi connectivity index (χ1v) is 14.7. The van der Waals surface area contributed by atoms with Crippen LogP contribution >= 0.6 is 0 Å². The monoisotopic (exact) mass is 579 g/mol. The van der Waals surface area contributed by atoms with Crippen molar-refractivity contribution in [1.29, 1.82) is 0 Å². The van der Waals surface area contributed by atoms with Crippen LogP contribution in [-0.4, -0.2) is 68.9 Å². The maximum absolute atomic E-state index is 14.4. The van der Waals surface area contributed by atoms with Crippen LogP contribution < -0.4 is 4.74 Å². The molecule has 0 bridgehead atoms. The van der Waals surface area contributed by atoms with Gasteiger partial charge in [-0.2, -0.15) is 0 Å². The molecular formula is C32H41N3O7. The minimum atomic E-state index is -2.24. The first-order chi connectivity index (χ1) is 19.9. The van der Waals surface area contributed by atoms with E-state index in [1.54, 1.807) is 12.0 Å². The molecule has 5 heterocycles. The molecule has 2 aromatic rings. The topological polar surface area (TPSA) is 103 Å². The molecule has 1 aromatic carbocycles. The predicted octanol–water partition coefficient (Wildman–Crippen LogP) is 4.85. The summed E-state index contributed by atoms with van der Waals surface area (Å²) in [6, 6.07) is 4.37. The SMILES string of the molecule is COc1ccc2c3c4n(c2c1)[C@@H](C=C(C)C)OOC(C)(C)CC4N1C(=O)[C@@H]2CCCN2C(=O)[C@]1(O)[C@H]3OCC=C(C)C. The first-order valence-electron chi connectivity index (χ1n) is 14.7. The Hall–Kier alpha value is -3.18. The molecule has 4 aliphatic heterocycles. The lowest BCUT2D eigenvalue weighted by Crippen LogP contribution is -2.74. The van der Waals surface area contributed by atoms with Crippen molar-refractivity contribution in [3.05, 3.63) is 52.8 Å². The number of carbonyl (C=O) groups excluding carboxylic acids is 2. The molecule has 2 saturated heterocycles. The largest absolute Gasteiger partial charge is 0.497 e. The Kier molecular flexibility index (Phi) is 7.04. The van der Waals surface area contributed by atoms with Crippen molar-refractivity contribution in [3.63, 3.8) is 0 Å². The molecule has 5 atom stereocenters. The number of carbonyl (C=O) groups is 2. The second kappa shape index (κ2) is 10.2. The van der Waals surface area contributed by atoms with Crippen LogP contribution in [-0.2, 0) is 24.1 Å². The Balaban J connectivity index is 1.72. The number of hydrogen-bond acceptors (Lipinski definition) is 7. The standard InChI is InChI=1S/C32H41N3O7/c1-18(2)12-14-40-28-26-21-11-10-20(39-7)16-23(21)34-25(15-19(3)4)41-42-31(5,6)17-24(27(26)34)35-29(36)22-9-8-13-33(22)30(37)32(28,35)38/h10-12,15-16,22,24-25,28,38H,8-9,13-14,17H2,1-7H3/t22-,24?,25+,28-,32+/m0/s1. The number of piperazine rings is 1. The van der Waals surface area contributed by atoms with Gasteiger partial charge in [0.05, 0.1) is 31.0 Å². The van der Waals surface area contributed by atoms with Gasteiger partial charge in [-0.3, -0.25) is 14.5 Å². The minimum Gasteiger partial charge on any atom is -0.497 e. The van der Waals surface area contributed by atoms with E-state index in [1.165, 1.54) is 4.90 Å². The van der Waals surface area contributed by atoms with E-state index in [4.69, 9.17) is 19.2 Å². The summed E-state index contributed by atoms with van der Waals surface area (Å²) in [5.74, 6) is -0.133. The molecule has 10 heteroatoms. The van der Waals surface area contributed by atoms with E-state index in [2.05, 4.69) is 0 Å². The van der Waals surface area contributed by atoms with Crippen LogP contribution in [0.15, 0.2) is 41.5 Å². The number of rotatable bonds is 5. The third-order valence-electron chi connectivity index (χ3n) is 8.81. The number of hydrogen-bond donors (Lipinski definition) is 1. The second-order valence-corrected chi connectivity index (χ2v) is 12.9. The molecule has 2 fully saturated rings. The summed E-state index contributed by atoms with van der Waals surface area (Å²) >= 11 is 0. The van der Waals surface area contributed by atoms with E-state index in [0.29, 0.717) is 30.7 Å². The lowest BCUT2D eigenvalue weighted by atomic mass is 9.79. The molecule has 1 N–H and O–H groups in total. The van der Waals surface area contributed by atoms with Gasteiger partial charge in [0.15, 0.2) is 6.23 Å². The molecule has 10 nitrogen and oxygen atoms in total.